The highest BCUT2D eigenvalue weighted by Crippen LogP contribution is 2.17. The molecule has 0 aliphatic carbocycles. The number of hydrogen-bond acceptors (Lipinski definition) is 7. The van der Waals surface area contributed by atoms with E-state index in [9.17, 15) is 4.79 Å². The van der Waals surface area contributed by atoms with E-state index in [0.29, 0.717) is 5.16 Å². The van der Waals surface area contributed by atoms with Crippen molar-refractivity contribution in [2.24, 2.45) is 5.10 Å². The molecule has 1 heterocycles. The first-order valence-corrected chi connectivity index (χ1v) is 10.7. The summed E-state index contributed by atoms with van der Waals surface area (Å²) in [6, 6.07) is 19.6. The van der Waals surface area contributed by atoms with Gasteiger partial charge >= 0.3 is 0 Å². The quantitative estimate of drug-likeness (QED) is 0.205. The molecular weight excluding hydrogens is 410 g/mol. The van der Waals surface area contributed by atoms with Crippen LogP contribution in [0.5, 0.6) is 0 Å². The zero-order chi connectivity index (χ0) is 22.1. The number of carbonyl (C=O) groups is 1. The van der Waals surface area contributed by atoms with Crippen LogP contribution < -0.4 is 16.6 Å². The molecule has 31 heavy (non-hydrogen) atoms. The first kappa shape index (κ1) is 22.1. The van der Waals surface area contributed by atoms with E-state index < -0.39 is 0 Å². The summed E-state index contributed by atoms with van der Waals surface area (Å²) >= 11 is 1.20. The Balaban J connectivity index is 1.50. The third-order valence-electron chi connectivity index (χ3n) is 4.32. The molecule has 0 saturated carbocycles. The van der Waals surface area contributed by atoms with Crippen LogP contribution in [-0.2, 0) is 4.79 Å². The molecule has 0 radical (unpaired) electrons. The highest BCUT2D eigenvalue weighted by atomic mass is 32.2. The van der Waals surface area contributed by atoms with Gasteiger partial charge in [0.1, 0.15) is 0 Å². The van der Waals surface area contributed by atoms with E-state index in [-0.39, 0.29) is 23.7 Å². The Morgan fingerprint density at radius 1 is 1.16 bits per heavy atom. The lowest BCUT2D eigenvalue weighted by atomic mass is 10.1. The molecule has 0 aliphatic rings. The van der Waals surface area contributed by atoms with Crippen LogP contribution in [-0.4, -0.2) is 32.2 Å². The number of benzene rings is 2. The number of hydrogen-bond donors (Lipinski definition) is 3. The summed E-state index contributed by atoms with van der Waals surface area (Å²) in [6.07, 6.45) is 3.84. The van der Waals surface area contributed by atoms with E-state index in [2.05, 4.69) is 26.0 Å². The lowest BCUT2D eigenvalue weighted by Crippen LogP contribution is -2.28. The van der Waals surface area contributed by atoms with Crippen molar-refractivity contribution in [3.63, 3.8) is 0 Å². The van der Waals surface area contributed by atoms with E-state index in [0.717, 1.165) is 16.8 Å². The number of rotatable bonds is 9. The normalized spacial score (nSPS) is 12.6. The molecule has 8 nitrogen and oxygen atoms in total. The van der Waals surface area contributed by atoms with Crippen LogP contribution >= 0.6 is 11.8 Å². The number of nitrogen functional groups attached to an aromatic ring is 1. The minimum absolute atomic E-state index is 0.0801. The summed E-state index contributed by atoms with van der Waals surface area (Å²) in [7, 11) is 0. The molecule has 4 N–H and O–H groups in total. The fraction of sp³-hybridized carbons (Fsp3) is 0.182. The average Bonchev–Trinajstić information content (AvgIpc) is 3.15. The van der Waals surface area contributed by atoms with Gasteiger partial charge in [-0.3, -0.25) is 4.79 Å². The number of anilines is 1. The van der Waals surface area contributed by atoms with E-state index in [4.69, 9.17) is 5.84 Å². The Kier molecular flexibility index (Phi) is 7.83. The van der Waals surface area contributed by atoms with Crippen LogP contribution in [0.15, 0.2) is 77.0 Å². The number of hydrazone groups is 1. The summed E-state index contributed by atoms with van der Waals surface area (Å²) < 4.78 is 1.27. The van der Waals surface area contributed by atoms with Crippen molar-refractivity contribution in [3.05, 3.63) is 77.9 Å². The first-order chi connectivity index (χ1) is 15.0. The van der Waals surface area contributed by atoms with E-state index in [1.165, 1.54) is 16.4 Å². The molecule has 3 rings (SSSR count). The van der Waals surface area contributed by atoms with Crippen LogP contribution in [0.1, 0.15) is 31.0 Å². The van der Waals surface area contributed by atoms with Gasteiger partial charge in [-0.2, -0.15) is 5.10 Å². The highest BCUT2D eigenvalue weighted by molar-refractivity contribution is 7.99. The number of nitrogens with one attached hydrogen (secondary N) is 2. The fourth-order valence-electron chi connectivity index (χ4n) is 2.65. The predicted molar refractivity (Wildman–Crippen MR) is 126 cm³/mol. The van der Waals surface area contributed by atoms with Crippen LogP contribution in [0.25, 0.3) is 6.08 Å². The number of carbonyl (C=O) groups excluding carboxylic acids is 1. The zero-order valence-corrected chi connectivity index (χ0v) is 18.2. The van der Waals surface area contributed by atoms with Crippen molar-refractivity contribution in [1.82, 2.24) is 20.2 Å². The largest absolute Gasteiger partial charge is 0.349 e. The Hall–Kier alpha value is -3.59. The zero-order valence-electron chi connectivity index (χ0n) is 17.4. The number of allylic oxidation sites excluding steroid dienone is 1. The van der Waals surface area contributed by atoms with Crippen molar-refractivity contribution in [1.29, 1.82) is 0 Å². The number of amides is 1. The molecule has 1 aromatic heterocycles. The van der Waals surface area contributed by atoms with Gasteiger partial charge in [-0.1, -0.05) is 78.5 Å². The molecule has 3 aromatic rings. The van der Waals surface area contributed by atoms with Gasteiger partial charge in [0.15, 0.2) is 0 Å². The topological polar surface area (TPSA) is 110 Å². The predicted octanol–water partition coefficient (Wildman–Crippen LogP) is 3.46. The van der Waals surface area contributed by atoms with Gasteiger partial charge in [-0.25, -0.2) is 10.1 Å². The fourth-order valence-corrected chi connectivity index (χ4v) is 3.31. The van der Waals surface area contributed by atoms with Crippen molar-refractivity contribution in [2.45, 2.75) is 25.0 Å². The lowest BCUT2D eigenvalue weighted by Gasteiger charge is -2.13. The molecule has 0 spiro atoms. The lowest BCUT2D eigenvalue weighted by molar-refractivity contribution is -0.119. The van der Waals surface area contributed by atoms with Gasteiger partial charge in [-0.05, 0) is 31.1 Å². The van der Waals surface area contributed by atoms with Gasteiger partial charge in [0.25, 0.3) is 5.95 Å². The van der Waals surface area contributed by atoms with Gasteiger partial charge < -0.3 is 11.2 Å². The molecule has 0 bridgehead atoms. The summed E-state index contributed by atoms with van der Waals surface area (Å²) in [5.74, 6) is 6.37. The second-order valence-corrected chi connectivity index (χ2v) is 7.72. The maximum absolute atomic E-state index is 12.2. The molecule has 0 saturated heterocycles. The summed E-state index contributed by atoms with van der Waals surface area (Å²) in [6.45, 7) is 3.80. The maximum Gasteiger partial charge on any atom is 0.264 e. The van der Waals surface area contributed by atoms with E-state index in [1.54, 1.807) is 0 Å². The van der Waals surface area contributed by atoms with Gasteiger partial charge in [0.05, 0.1) is 17.5 Å². The van der Waals surface area contributed by atoms with Crippen LogP contribution in [0, 0.1) is 0 Å². The minimum Gasteiger partial charge on any atom is -0.349 e. The Morgan fingerprint density at radius 2 is 1.84 bits per heavy atom. The second kappa shape index (κ2) is 11.0. The van der Waals surface area contributed by atoms with Gasteiger partial charge in [0, 0.05) is 0 Å². The molecular formula is C22H25N7OS. The average molecular weight is 436 g/mol. The summed E-state index contributed by atoms with van der Waals surface area (Å²) in [5.41, 5.74) is 5.67. The standard InChI is InChI=1S/C22H25N7OS/c1-16(13-14-18-9-5-3-6-10-18)25-26-21-27-28-22(29(21)23)31-15-20(30)24-17(2)19-11-7-4-8-12-19/h3-14,17H,15,23H2,1-2H3,(H,24,30)(H,26,27)/b14-13+,25-16+. The second-order valence-electron chi connectivity index (χ2n) is 6.77. The highest BCUT2D eigenvalue weighted by Gasteiger charge is 2.14. The number of nitrogens with two attached hydrogens (primary N) is 1. The smallest absolute Gasteiger partial charge is 0.264 e. The number of thioether (sulfide) groups is 1. The van der Waals surface area contributed by atoms with E-state index in [1.807, 2.05) is 86.7 Å². The summed E-state index contributed by atoms with van der Waals surface area (Å²) in [4.78, 5) is 12.2. The number of nitrogens with zero attached hydrogens (tertiary/aromatic N) is 4. The monoisotopic (exact) mass is 435 g/mol. The molecule has 0 aliphatic heterocycles. The molecule has 160 valence electrons. The molecule has 1 unspecified atom stereocenters. The maximum atomic E-state index is 12.2. The Bertz CT molecular complexity index is 1050. The third-order valence-corrected chi connectivity index (χ3v) is 5.27. The van der Waals surface area contributed by atoms with Crippen LogP contribution in [0.3, 0.4) is 0 Å². The van der Waals surface area contributed by atoms with E-state index >= 15 is 0 Å². The van der Waals surface area contributed by atoms with Crippen molar-refractivity contribution in [3.8, 4) is 0 Å². The Labute approximate surface area is 185 Å². The van der Waals surface area contributed by atoms with Gasteiger partial charge in [0.2, 0.25) is 11.1 Å². The third kappa shape index (κ3) is 6.71. The van der Waals surface area contributed by atoms with Crippen LogP contribution in [0.2, 0.25) is 0 Å². The SMILES string of the molecule is CC(/C=C/c1ccccc1)=N\Nc1nnc(SCC(=O)NC(C)c2ccccc2)n1N. The van der Waals surface area contributed by atoms with Crippen molar-refractivity contribution in [2.75, 3.05) is 17.0 Å². The number of aromatic nitrogens is 3. The first-order valence-electron chi connectivity index (χ1n) is 9.74. The van der Waals surface area contributed by atoms with Crippen molar-refractivity contribution >= 4 is 35.4 Å². The molecule has 2 aromatic carbocycles. The van der Waals surface area contributed by atoms with Crippen molar-refractivity contribution < 1.29 is 4.79 Å². The summed E-state index contributed by atoms with van der Waals surface area (Å²) in [5, 5.41) is 15.6. The molecule has 1 amide bonds. The molecule has 9 heteroatoms. The molecule has 1 atom stereocenters. The van der Waals surface area contributed by atoms with Gasteiger partial charge in [-0.15, -0.1) is 10.2 Å². The van der Waals surface area contributed by atoms with Crippen LogP contribution in [0.4, 0.5) is 5.95 Å². The minimum atomic E-state index is -0.112. The molecule has 0 fully saturated rings. The Morgan fingerprint density at radius 3 is 2.55 bits per heavy atom.